The molecule has 0 bridgehead atoms. The van der Waals surface area contributed by atoms with E-state index in [0.717, 1.165) is 38.0 Å². The van der Waals surface area contributed by atoms with Crippen molar-refractivity contribution in [3.8, 4) is 0 Å². The third-order valence-corrected chi connectivity index (χ3v) is 5.76. The number of benzene rings is 2. The summed E-state index contributed by atoms with van der Waals surface area (Å²) in [4.78, 5) is 33.7. The summed E-state index contributed by atoms with van der Waals surface area (Å²) < 4.78 is 0. The molecule has 164 valence electrons. The number of piperazine rings is 1. The van der Waals surface area contributed by atoms with Crippen molar-refractivity contribution in [3.63, 3.8) is 0 Å². The number of aromatic nitrogens is 1. The number of hydrogen-bond acceptors (Lipinski definition) is 5. The van der Waals surface area contributed by atoms with Crippen molar-refractivity contribution in [1.82, 2.24) is 10.3 Å². The van der Waals surface area contributed by atoms with Gasteiger partial charge in [-0.05, 0) is 48.7 Å². The molecule has 1 unspecified atom stereocenters. The van der Waals surface area contributed by atoms with Gasteiger partial charge in [-0.2, -0.15) is 0 Å². The van der Waals surface area contributed by atoms with E-state index in [4.69, 9.17) is 0 Å². The van der Waals surface area contributed by atoms with Gasteiger partial charge in [0.05, 0.1) is 11.6 Å². The standard InChI is InChI=1S/C26H28N4O2/c1-20-7-5-10-23(17-20)29-13-15-30(16-14-29)25-24(11-6-12-27-25)26(32)28-22(19-31)18-21-8-3-2-4-9-21/h2-12,17,19,22H,13-16,18H2,1H3,(H,28,32). The van der Waals surface area contributed by atoms with Crippen LogP contribution in [0.15, 0.2) is 72.9 Å². The molecule has 1 amide bonds. The van der Waals surface area contributed by atoms with Gasteiger partial charge in [-0.15, -0.1) is 0 Å². The number of aryl methyl sites for hydroxylation is 1. The molecule has 1 fully saturated rings. The van der Waals surface area contributed by atoms with E-state index in [0.29, 0.717) is 17.8 Å². The molecule has 1 aliphatic heterocycles. The number of amides is 1. The van der Waals surface area contributed by atoms with E-state index in [2.05, 4.69) is 51.3 Å². The monoisotopic (exact) mass is 428 g/mol. The quantitative estimate of drug-likeness (QED) is 0.585. The Kier molecular flexibility index (Phi) is 6.80. The van der Waals surface area contributed by atoms with Gasteiger partial charge in [-0.3, -0.25) is 4.79 Å². The minimum Gasteiger partial charge on any atom is -0.368 e. The lowest BCUT2D eigenvalue weighted by Gasteiger charge is -2.37. The first-order valence-electron chi connectivity index (χ1n) is 11.0. The predicted octanol–water partition coefficient (Wildman–Crippen LogP) is 3.26. The molecule has 1 saturated heterocycles. The fraction of sp³-hybridized carbons (Fsp3) is 0.269. The first-order valence-corrected chi connectivity index (χ1v) is 11.0. The van der Waals surface area contributed by atoms with E-state index in [-0.39, 0.29) is 5.91 Å². The highest BCUT2D eigenvalue weighted by Crippen LogP contribution is 2.22. The van der Waals surface area contributed by atoms with Crippen molar-refractivity contribution in [2.45, 2.75) is 19.4 Å². The van der Waals surface area contributed by atoms with E-state index in [1.807, 2.05) is 30.3 Å². The Bertz CT molecular complexity index is 1060. The van der Waals surface area contributed by atoms with Gasteiger partial charge in [0, 0.05) is 38.1 Å². The number of anilines is 2. The maximum Gasteiger partial charge on any atom is 0.255 e. The van der Waals surface area contributed by atoms with Crippen LogP contribution in [-0.4, -0.2) is 49.4 Å². The molecule has 0 spiro atoms. The molecular weight excluding hydrogens is 400 g/mol. The second-order valence-electron chi connectivity index (χ2n) is 8.09. The highest BCUT2D eigenvalue weighted by molar-refractivity contribution is 6.00. The Labute approximate surface area is 188 Å². The second kappa shape index (κ2) is 10.1. The Morgan fingerprint density at radius 1 is 1.00 bits per heavy atom. The molecule has 0 radical (unpaired) electrons. The molecule has 2 aromatic carbocycles. The van der Waals surface area contributed by atoms with Crippen LogP contribution in [0.3, 0.4) is 0 Å². The van der Waals surface area contributed by atoms with Crippen molar-refractivity contribution in [1.29, 1.82) is 0 Å². The zero-order chi connectivity index (χ0) is 22.3. The highest BCUT2D eigenvalue weighted by Gasteiger charge is 2.24. The summed E-state index contributed by atoms with van der Waals surface area (Å²) >= 11 is 0. The van der Waals surface area contributed by atoms with E-state index < -0.39 is 6.04 Å². The van der Waals surface area contributed by atoms with Gasteiger partial charge in [0.1, 0.15) is 12.1 Å². The van der Waals surface area contributed by atoms with Crippen molar-refractivity contribution in [2.24, 2.45) is 0 Å². The fourth-order valence-corrected chi connectivity index (χ4v) is 4.07. The molecule has 4 rings (SSSR count). The number of pyridine rings is 1. The molecule has 1 aromatic heterocycles. The number of carbonyl (C=O) groups is 2. The molecule has 6 heteroatoms. The SMILES string of the molecule is Cc1cccc(N2CCN(c3ncccc3C(=O)NC(C=O)Cc3ccccc3)CC2)c1. The highest BCUT2D eigenvalue weighted by atomic mass is 16.2. The van der Waals surface area contributed by atoms with Crippen LogP contribution in [0.5, 0.6) is 0 Å². The second-order valence-corrected chi connectivity index (χ2v) is 8.09. The van der Waals surface area contributed by atoms with Crippen LogP contribution < -0.4 is 15.1 Å². The number of aldehydes is 1. The molecule has 0 aliphatic carbocycles. The summed E-state index contributed by atoms with van der Waals surface area (Å²) in [5, 5.41) is 2.87. The number of rotatable bonds is 7. The lowest BCUT2D eigenvalue weighted by Crippen LogP contribution is -2.47. The first kappa shape index (κ1) is 21.6. The van der Waals surface area contributed by atoms with E-state index in [9.17, 15) is 9.59 Å². The van der Waals surface area contributed by atoms with Crippen LogP contribution >= 0.6 is 0 Å². The zero-order valence-electron chi connectivity index (χ0n) is 18.3. The molecular formula is C26H28N4O2. The van der Waals surface area contributed by atoms with Crippen molar-refractivity contribution in [2.75, 3.05) is 36.0 Å². The van der Waals surface area contributed by atoms with Gasteiger partial charge < -0.3 is 19.9 Å². The van der Waals surface area contributed by atoms with Crippen LogP contribution in [-0.2, 0) is 11.2 Å². The molecule has 6 nitrogen and oxygen atoms in total. The number of hydrogen-bond donors (Lipinski definition) is 1. The molecule has 2 heterocycles. The average Bonchev–Trinajstić information content (AvgIpc) is 2.84. The van der Waals surface area contributed by atoms with Gasteiger partial charge in [0.15, 0.2) is 0 Å². The molecule has 0 saturated carbocycles. The summed E-state index contributed by atoms with van der Waals surface area (Å²) in [7, 11) is 0. The first-order chi connectivity index (χ1) is 15.6. The summed E-state index contributed by atoms with van der Waals surface area (Å²) in [6.07, 6.45) is 2.96. The van der Waals surface area contributed by atoms with Gasteiger partial charge in [-0.25, -0.2) is 4.98 Å². The minimum absolute atomic E-state index is 0.276. The lowest BCUT2D eigenvalue weighted by molar-refractivity contribution is -0.109. The maximum absolute atomic E-state index is 13.0. The van der Waals surface area contributed by atoms with Gasteiger partial charge >= 0.3 is 0 Å². The van der Waals surface area contributed by atoms with Crippen LogP contribution in [0.2, 0.25) is 0 Å². The van der Waals surface area contributed by atoms with Gasteiger partial charge in [0.2, 0.25) is 0 Å². The summed E-state index contributed by atoms with van der Waals surface area (Å²) in [6.45, 7) is 5.35. The fourth-order valence-electron chi connectivity index (χ4n) is 4.07. The Morgan fingerprint density at radius 3 is 2.47 bits per heavy atom. The largest absolute Gasteiger partial charge is 0.368 e. The summed E-state index contributed by atoms with van der Waals surface area (Å²) in [6, 6.07) is 21.1. The molecule has 3 aromatic rings. The average molecular weight is 429 g/mol. The zero-order valence-corrected chi connectivity index (χ0v) is 18.3. The topological polar surface area (TPSA) is 65.5 Å². The third-order valence-electron chi connectivity index (χ3n) is 5.76. The lowest BCUT2D eigenvalue weighted by atomic mass is 10.1. The van der Waals surface area contributed by atoms with Crippen LogP contribution in [0.1, 0.15) is 21.5 Å². The molecule has 32 heavy (non-hydrogen) atoms. The van der Waals surface area contributed by atoms with Crippen LogP contribution in [0, 0.1) is 6.92 Å². The van der Waals surface area contributed by atoms with E-state index in [1.165, 1.54) is 11.3 Å². The third kappa shape index (κ3) is 5.14. The number of carbonyl (C=O) groups excluding carboxylic acids is 2. The molecule has 1 aliphatic rings. The summed E-state index contributed by atoms with van der Waals surface area (Å²) in [5.41, 5.74) is 3.97. The Morgan fingerprint density at radius 2 is 1.75 bits per heavy atom. The van der Waals surface area contributed by atoms with Crippen molar-refractivity contribution < 1.29 is 9.59 Å². The van der Waals surface area contributed by atoms with E-state index in [1.54, 1.807) is 18.3 Å². The Balaban J connectivity index is 1.43. The number of nitrogens with zero attached hydrogens (tertiary/aromatic N) is 3. The normalized spacial score (nSPS) is 14.7. The van der Waals surface area contributed by atoms with Crippen molar-refractivity contribution >= 4 is 23.7 Å². The smallest absolute Gasteiger partial charge is 0.255 e. The Hall–Kier alpha value is -3.67. The van der Waals surface area contributed by atoms with Crippen LogP contribution in [0.4, 0.5) is 11.5 Å². The number of nitrogens with one attached hydrogen (secondary N) is 1. The minimum atomic E-state index is -0.587. The van der Waals surface area contributed by atoms with Crippen LogP contribution in [0.25, 0.3) is 0 Å². The molecule has 1 atom stereocenters. The van der Waals surface area contributed by atoms with E-state index >= 15 is 0 Å². The summed E-state index contributed by atoms with van der Waals surface area (Å²) in [5.74, 6) is 0.389. The predicted molar refractivity (Wildman–Crippen MR) is 127 cm³/mol. The van der Waals surface area contributed by atoms with Gasteiger partial charge in [-0.1, -0.05) is 42.5 Å². The molecule has 1 N–H and O–H groups in total. The van der Waals surface area contributed by atoms with Crippen molar-refractivity contribution in [3.05, 3.63) is 89.6 Å². The van der Waals surface area contributed by atoms with Gasteiger partial charge in [0.25, 0.3) is 5.91 Å². The maximum atomic E-state index is 13.0.